The first-order valence-corrected chi connectivity index (χ1v) is 8.64. The second-order valence-corrected chi connectivity index (χ2v) is 6.36. The Morgan fingerprint density at radius 2 is 1.96 bits per heavy atom. The highest BCUT2D eigenvalue weighted by Gasteiger charge is 2.15. The molecule has 1 aromatic heterocycles. The predicted molar refractivity (Wildman–Crippen MR) is 108 cm³/mol. The third kappa shape index (κ3) is 5.34. The Hall–Kier alpha value is -2.84. The Balaban J connectivity index is 0.00000280. The van der Waals surface area contributed by atoms with Gasteiger partial charge < -0.3 is 24.9 Å². The van der Waals surface area contributed by atoms with Crippen molar-refractivity contribution in [2.24, 2.45) is 5.16 Å². The molecule has 1 aliphatic rings. The number of anilines is 1. The summed E-state index contributed by atoms with van der Waals surface area (Å²) in [6.07, 6.45) is 1.36. The summed E-state index contributed by atoms with van der Waals surface area (Å²) in [5.74, 6) is -0.432. The number of hydrogen-bond donors (Lipinski definition) is 2. The van der Waals surface area contributed by atoms with Gasteiger partial charge in [-0.2, -0.15) is 0 Å². The number of pyridine rings is 1. The topological polar surface area (TPSA) is 98.5 Å². The van der Waals surface area contributed by atoms with Gasteiger partial charge in [0.05, 0.1) is 11.3 Å². The number of likely N-dealkylation sites (N-methyl/N-ethyl adjacent to an activating group) is 1. The molecule has 0 bridgehead atoms. The summed E-state index contributed by atoms with van der Waals surface area (Å²) < 4.78 is 5.75. The summed E-state index contributed by atoms with van der Waals surface area (Å²) in [5, 5.41) is 21.6. The molecule has 9 heteroatoms. The van der Waals surface area contributed by atoms with E-state index in [9.17, 15) is 10.0 Å². The van der Waals surface area contributed by atoms with Crippen molar-refractivity contribution in [2.75, 3.05) is 44.7 Å². The number of aromatic carboxylic acids is 1. The van der Waals surface area contributed by atoms with E-state index in [4.69, 9.17) is 9.84 Å². The van der Waals surface area contributed by atoms with Gasteiger partial charge in [0.15, 0.2) is 0 Å². The van der Waals surface area contributed by atoms with Crippen LogP contribution in [0.25, 0.3) is 0 Å². The molecule has 2 N–H and O–H groups in total. The lowest BCUT2D eigenvalue weighted by atomic mass is 10.2. The van der Waals surface area contributed by atoms with Crippen molar-refractivity contribution in [2.45, 2.75) is 0 Å². The number of carbonyl (C=O) groups is 1. The summed E-state index contributed by atoms with van der Waals surface area (Å²) in [7, 11) is 2.11. The summed E-state index contributed by atoms with van der Waals surface area (Å²) in [5.41, 5.74) is 1.56. The van der Waals surface area contributed by atoms with Crippen molar-refractivity contribution in [1.82, 2.24) is 9.88 Å². The number of ether oxygens (including phenoxy) is 1. The molecule has 0 spiro atoms. The van der Waals surface area contributed by atoms with Crippen molar-refractivity contribution >= 4 is 29.8 Å². The fourth-order valence-corrected chi connectivity index (χ4v) is 2.86. The normalized spacial score (nSPS) is 15.0. The average molecular weight is 407 g/mol. The summed E-state index contributed by atoms with van der Waals surface area (Å²) in [6.45, 7) is 3.90. The van der Waals surface area contributed by atoms with E-state index in [0.29, 0.717) is 5.75 Å². The molecule has 0 radical (unpaired) electrons. The van der Waals surface area contributed by atoms with Gasteiger partial charge in [-0.3, -0.25) is 4.98 Å². The third-order valence-electron chi connectivity index (χ3n) is 4.48. The van der Waals surface area contributed by atoms with Crippen molar-refractivity contribution in [3.05, 3.63) is 53.9 Å². The molecule has 3 rings (SSSR count). The van der Waals surface area contributed by atoms with Gasteiger partial charge >= 0.3 is 5.97 Å². The molecule has 1 aromatic carbocycles. The number of carboxylic acid groups (broad SMARTS) is 1. The van der Waals surface area contributed by atoms with Gasteiger partial charge in [0, 0.05) is 44.1 Å². The van der Waals surface area contributed by atoms with E-state index < -0.39 is 5.97 Å². The number of rotatable bonds is 6. The maximum absolute atomic E-state index is 11.1. The highest BCUT2D eigenvalue weighted by atomic mass is 35.5. The van der Waals surface area contributed by atoms with Gasteiger partial charge in [-0.1, -0.05) is 11.2 Å². The molecule has 0 saturated carbocycles. The maximum Gasteiger partial charge on any atom is 0.335 e. The molecule has 0 aliphatic carbocycles. The Labute approximate surface area is 169 Å². The number of carboxylic acids is 1. The van der Waals surface area contributed by atoms with E-state index in [0.717, 1.165) is 31.9 Å². The lowest BCUT2D eigenvalue weighted by Crippen LogP contribution is -2.44. The number of benzene rings is 1. The molecule has 0 unspecified atom stereocenters. The van der Waals surface area contributed by atoms with Crippen LogP contribution in [0.4, 0.5) is 5.69 Å². The Bertz CT molecular complexity index is 838. The Morgan fingerprint density at radius 3 is 2.64 bits per heavy atom. The number of nitrogens with zero attached hydrogens (tertiary/aromatic N) is 4. The van der Waals surface area contributed by atoms with Crippen LogP contribution in [0.5, 0.6) is 5.75 Å². The fourth-order valence-electron chi connectivity index (χ4n) is 2.86. The molecule has 1 fully saturated rings. The minimum atomic E-state index is -1.07. The molecule has 2 heterocycles. The van der Waals surface area contributed by atoms with Crippen LogP contribution < -0.4 is 9.64 Å². The highest BCUT2D eigenvalue weighted by Crippen LogP contribution is 2.22. The summed E-state index contributed by atoms with van der Waals surface area (Å²) in [4.78, 5) is 19.7. The zero-order valence-electron chi connectivity index (χ0n) is 15.5. The number of oxime groups is 1. The number of hydrogen-bond acceptors (Lipinski definition) is 7. The highest BCUT2D eigenvalue weighted by molar-refractivity contribution is 6.01. The van der Waals surface area contributed by atoms with Crippen molar-refractivity contribution in [3.8, 4) is 5.75 Å². The molecular weight excluding hydrogens is 384 g/mol. The first kappa shape index (κ1) is 21.5. The van der Waals surface area contributed by atoms with Crippen LogP contribution in [0.3, 0.4) is 0 Å². The van der Waals surface area contributed by atoms with Crippen LogP contribution in [-0.2, 0) is 0 Å². The van der Waals surface area contributed by atoms with E-state index in [1.165, 1.54) is 18.3 Å². The zero-order valence-corrected chi connectivity index (χ0v) is 16.3. The minimum absolute atomic E-state index is 0. The van der Waals surface area contributed by atoms with Gasteiger partial charge in [-0.25, -0.2) is 4.79 Å². The van der Waals surface area contributed by atoms with E-state index in [1.807, 2.05) is 24.3 Å². The first-order chi connectivity index (χ1) is 13.1. The molecule has 150 valence electrons. The van der Waals surface area contributed by atoms with Crippen LogP contribution in [0, 0.1) is 0 Å². The number of piperazine rings is 1. The van der Waals surface area contributed by atoms with E-state index in [1.54, 1.807) is 0 Å². The van der Waals surface area contributed by atoms with Gasteiger partial charge in [-0.15, -0.1) is 12.4 Å². The van der Waals surface area contributed by atoms with Gasteiger partial charge in [-0.05, 0) is 31.3 Å². The largest absolute Gasteiger partial charge is 0.487 e. The standard InChI is InChI=1S/C19H22N4O4.ClH/c1-22-7-9-23(10-8-22)15-3-2-4-16(12-15)27-13-18(21-26)17-11-14(19(24)25)5-6-20-17;/h2-6,11-12,26H,7-10,13H2,1H3,(H,24,25);1H/b21-18+;. The molecule has 8 nitrogen and oxygen atoms in total. The number of halogens is 1. The smallest absolute Gasteiger partial charge is 0.335 e. The van der Waals surface area contributed by atoms with Gasteiger partial charge in [0.1, 0.15) is 18.1 Å². The maximum atomic E-state index is 11.1. The summed E-state index contributed by atoms with van der Waals surface area (Å²) >= 11 is 0. The Morgan fingerprint density at radius 1 is 1.21 bits per heavy atom. The lowest BCUT2D eigenvalue weighted by molar-refractivity contribution is 0.0696. The average Bonchev–Trinajstić information content (AvgIpc) is 2.69. The van der Waals surface area contributed by atoms with Crippen LogP contribution in [0.2, 0.25) is 0 Å². The van der Waals surface area contributed by atoms with Crippen LogP contribution in [-0.4, -0.2) is 71.7 Å². The minimum Gasteiger partial charge on any atom is -0.487 e. The molecule has 1 aliphatic heterocycles. The molecular formula is C19H23ClN4O4. The van der Waals surface area contributed by atoms with Crippen LogP contribution in [0.15, 0.2) is 47.8 Å². The molecule has 0 amide bonds. The second-order valence-electron chi connectivity index (χ2n) is 6.36. The quantitative estimate of drug-likeness (QED) is 0.431. The second kappa shape index (κ2) is 9.91. The molecule has 0 atom stereocenters. The van der Waals surface area contributed by atoms with E-state index in [2.05, 4.69) is 27.0 Å². The lowest BCUT2D eigenvalue weighted by Gasteiger charge is -2.34. The van der Waals surface area contributed by atoms with Gasteiger partial charge in [0.2, 0.25) is 0 Å². The van der Waals surface area contributed by atoms with Crippen LogP contribution >= 0.6 is 12.4 Å². The van der Waals surface area contributed by atoms with Crippen molar-refractivity contribution in [3.63, 3.8) is 0 Å². The summed E-state index contributed by atoms with van der Waals surface area (Å²) in [6, 6.07) is 10.5. The fraction of sp³-hybridized carbons (Fsp3) is 0.316. The molecule has 28 heavy (non-hydrogen) atoms. The SMILES string of the molecule is CN1CCN(c2cccc(OC/C(=N\O)c3cc(C(=O)O)ccn3)c2)CC1.Cl. The van der Waals surface area contributed by atoms with Crippen LogP contribution in [0.1, 0.15) is 16.1 Å². The van der Waals surface area contributed by atoms with E-state index in [-0.39, 0.29) is 36.0 Å². The third-order valence-corrected chi connectivity index (χ3v) is 4.48. The molecule has 2 aromatic rings. The monoisotopic (exact) mass is 406 g/mol. The predicted octanol–water partition coefficient (Wildman–Crippen LogP) is 2.21. The van der Waals surface area contributed by atoms with Crippen molar-refractivity contribution in [1.29, 1.82) is 0 Å². The molecule has 1 saturated heterocycles. The zero-order chi connectivity index (χ0) is 19.2. The van der Waals surface area contributed by atoms with Gasteiger partial charge in [0.25, 0.3) is 0 Å². The van der Waals surface area contributed by atoms with E-state index >= 15 is 0 Å². The number of aromatic nitrogens is 1. The first-order valence-electron chi connectivity index (χ1n) is 8.64. The van der Waals surface area contributed by atoms with Crippen molar-refractivity contribution < 1.29 is 19.8 Å². The Kier molecular flexibility index (Phi) is 7.60.